The van der Waals surface area contributed by atoms with E-state index in [0.717, 1.165) is 12.8 Å². The molecule has 84 valence electrons. The molecule has 3 nitrogen and oxygen atoms in total. The minimum atomic E-state index is -0.653. The Labute approximate surface area is 91.9 Å². The van der Waals surface area contributed by atoms with Crippen LogP contribution >= 0.6 is 0 Å². The molecule has 0 aromatic carbocycles. The third kappa shape index (κ3) is 2.71. The first-order chi connectivity index (χ1) is 7.08. The zero-order chi connectivity index (χ0) is 11.5. The monoisotopic (exact) mass is 208 g/mol. The van der Waals surface area contributed by atoms with Crippen molar-refractivity contribution < 1.29 is 4.79 Å². The maximum Gasteiger partial charge on any atom is 0.224 e. The van der Waals surface area contributed by atoms with Crippen LogP contribution in [0.3, 0.4) is 0 Å². The summed E-state index contributed by atoms with van der Waals surface area (Å²) in [4.78, 5) is 11.9. The van der Waals surface area contributed by atoms with Crippen molar-refractivity contribution in [2.75, 3.05) is 0 Å². The summed E-state index contributed by atoms with van der Waals surface area (Å²) in [7, 11) is 0. The van der Waals surface area contributed by atoms with Crippen molar-refractivity contribution in [1.82, 2.24) is 5.32 Å². The van der Waals surface area contributed by atoms with Gasteiger partial charge in [-0.25, -0.2) is 0 Å². The minimum absolute atomic E-state index is 0.0442. The van der Waals surface area contributed by atoms with E-state index in [1.54, 1.807) is 0 Å². The van der Waals surface area contributed by atoms with Crippen molar-refractivity contribution in [3.63, 3.8) is 0 Å². The molecule has 0 aromatic heterocycles. The number of nitrogens with one attached hydrogen (secondary N) is 1. The molecule has 0 spiro atoms. The Bertz CT molecular complexity index is 272. The van der Waals surface area contributed by atoms with Gasteiger partial charge in [0.15, 0.2) is 0 Å². The van der Waals surface area contributed by atoms with Crippen molar-refractivity contribution in [3.05, 3.63) is 0 Å². The number of rotatable bonds is 5. The lowest BCUT2D eigenvalue weighted by Gasteiger charge is -2.26. The predicted molar refractivity (Wildman–Crippen MR) is 59.0 cm³/mol. The van der Waals surface area contributed by atoms with Crippen LogP contribution in [0, 0.1) is 23.2 Å². The van der Waals surface area contributed by atoms with Gasteiger partial charge >= 0.3 is 0 Å². The van der Waals surface area contributed by atoms with Crippen LogP contribution < -0.4 is 5.32 Å². The second-order valence-electron chi connectivity index (χ2n) is 4.52. The summed E-state index contributed by atoms with van der Waals surface area (Å²) in [6.45, 7) is 5.84. The van der Waals surface area contributed by atoms with Crippen molar-refractivity contribution in [3.8, 4) is 6.07 Å². The third-order valence-corrected chi connectivity index (χ3v) is 3.53. The lowest BCUT2D eigenvalue weighted by atomic mass is 9.93. The van der Waals surface area contributed by atoms with Crippen molar-refractivity contribution in [1.29, 1.82) is 5.26 Å². The molecule has 1 unspecified atom stereocenters. The highest BCUT2D eigenvalue weighted by Crippen LogP contribution is 2.36. The van der Waals surface area contributed by atoms with E-state index >= 15 is 0 Å². The predicted octanol–water partition coefficient (Wildman–Crippen LogP) is 2.23. The SMILES string of the molecule is CCC(C#N)(CC)NC(=O)C(C)C1CC1. The van der Waals surface area contributed by atoms with Crippen LogP contribution in [-0.4, -0.2) is 11.4 Å². The Morgan fingerprint density at radius 2 is 2.07 bits per heavy atom. The molecule has 1 fully saturated rings. The molecule has 0 saturated heterocycles. The molecular weight excluding hydrogens is 188 g/mol. The van der Waals surface area contributed by atoms with Gasteiger partial charge in [-0.15, -0.1) is 0 Å². The van der Waals surface area contributed by atoms with Gasteiger partial charge < -0.3 is 5.32 Å². The number of amides is 1. The van der Waals surface area contributed by atoms with Gasteiger partial charge in [-0.2, -0.15) is 5.26 Å². The molecule has 1 saturated carbocycles. The summed E-state index contributed by atoms with van der Waals surface area (Å²) in [6.07, 6.45) is 3.66. The lowest BCUT2D eigenvalue weighted by Crippen LogP contribution is -2.48. The number of hydrogen-bond donors (Lipinski definition) is 1. The van der Waals surface area contributed by atoms with Gasteiger partial charge in [0, 0.05) is 5.92 Å². The Morgan fingerprint density at radius 3 is 2.40 bits per heavy atom. The van der Waals surface area contributed by atoms with Gasteiger partial charge in [0.2, 0.25) is 5.91 Å². The van der Waals surface area contributed by atoms with Crippen LogP contribution in [0.4, 0.5) is 0 Å². The van der Waals surface area contributed by atoms with Crippen molar-refractivity contribution in [2.45, 2.75) is 52.0 Å². The molecule has 1 N–H and O–H groups in total. The summed E-state index contributed by atoms with van der Waals surface area (Å²) < 4.78 is 0. The summed E-state index contributed by atoms with van der Waals surface area (Å²) >= 11 is 0. The standard InChI is InChI=1S/C12H20N2O/c1-4-12(5-2,8-13)14-11(15)9(3)10-6-7-10/h9-10H,4-7H2,1-3H3,(H,14,15). The number of carbonyl (C=O) groups excluding carboxylic acids is 1. The van der Waals surface area contributed by atoms with Crippen LogP contribution in [0.25, 0.3) is 0 Å². The lowest BCUT2D eigenvalue weighted by molar-refractivity contribution is -0.126. The molecule has 1 aliphatic carbocycles. The second-order valence-corrected chi connectivity index (χ2v) is 4.52. The van der Waals surface area contributed by atoms with Crippen LogP contribution in [0.15, 0.2) is 0 Å². The molecule has 1 rings (SSSR count). The summed E-state index contributed by atoms with van der Waals surface area (Å²) in [5.74, 6) is 0.661. The van der Waals surface area contributed by atoms with E-state index in [4.69, 9.17) is 5.26 Å². The maximum atomic E-state index is 11.9. The van der Waals surface area contributed by atoms with Gasteiger partial charge in [0.1, 0.15) is 5.54 Å². The van der Waals surface area contributed by atoms with Gasteiger partial charge in [-0.3, -0.25) is 4.79 Å². The molecule has 3 heteroatoms. The van der Waals surface area contributed by atoms with E-state index in [1.807, 2.05) is 20.8 Å². The molecule has 1 aliphatic rings. The van der Waals surface area contributed by atoms with E-state index in [-0.39, 0.29) is 11.8 Å². The zero-order valence-corrected chi connectivity index (χ0v) is 9.84. The highest BCUT2D eigenvalue weighted by molar-refractivity contribution is 5.80. The van der Waals surface area contributed by atoms with E-state index < -0.39 is 5.54 Å². The summed E-state index contributed by atoms with van der Waals surface area (Å²) in [6, 6.07) is 2.23. The van der Waals surface area contributed by atoms with Gasteiger partial charge in [-0.05, 0) is 31.6 Å². The normalized spacial score (nSPS) is 18.0. The average molecular weight is 208 g/mol. The second kappa shape index (κ2) is 4.65. The quantitative estimate of drug-likeness (QED) is 0.753. The van der Waals surface area contributed by atoms with Crippen molar-refractivity contribution in [2.24, 2.45) is 11.8 Å². The average Bonchev–Trinajstić information content (AvgIpc) is 3.08. The van der Waals surface area contributed by atoms with E-state index in [1.165, 1.54) is 0 Å². The summed E-state index contributed by atoms with van der Waals surface area (Å²) in [5.41, 5.74) is -0.653. The van der Waals surface area contributed by atoms with Crippen LogP contribution in [0.2, 0.25) is 0 Å². The molecular formula is C12H20N2O. The van der Waals surface area contributed by atoms with Gasteiger partial charge in [0.25, 0.3) is 0 Å². The third-order valence-electron chi connectivity index (χ3n) is 3.53. The molecule has 0 heterocycles. The van der Waals surface area contributed by atoms with Crippen molar-refractivity contribution >= 4 is 5.91 Å². The van der Waals surface area contributed by atoms with Gasteiger partial charge in [0.05, 0.1) is 6.07 Å². The van der Waals surface area contributed by atoms with Crippen LogP contribution in [0.1, 0.15) is 46.5 Å². The fourth-order valence-electron chi connectivity index (χ4n) is 1.77. The topological polar surface area (TPSA) is 52.9 Å². The van der Waals surface area contributed by atoms with Crippen LogP contribution in [0.5, 0.6) is 0 Å². The molecule has 0 radical (unpaired) electrons. The molecule has 0 bridgehead atoms. The fraction of sp³-hybridized carbons (Fsp3) is 0.833. The molecule has 1 atom stereocenters. The Morgan fingerprint density at radius 1 is 1.53 bits per heavy atom. The Kier molecular flexibility index (Phi) is 3.73. The number of carbonyl (C=O) groups is 1. The highest BCUT2D eigenvalue weighted by atomic mass is 16.2. The number of nitrogens with zero attached hydrogens (tertiary/aromatic N) is 1. The zero-order valence-electron chi connectivity index (χ0n) is 9.84. The summed E-state index contributed by atoms with van der Waals surface area (Å²) in [5, 5.41) is 12.0. The number of hydrogen-bond acceptors (Lipinski definition) is 2. The highest BCUT2D eigenvalue weighted by Gasteiger charge is 2.36. The maximum absolute atomic E-state index is 11.9. The van der Waals surface area contributed by atoms with Crippen LogP contribution in [-0.2, 0) is 4.79 Å². The first kappa shape index (κ1) is 12.0. The molecule has 0 aromatic rings. The van der Waals surface area contributed by atoms with E-state index in [9.17, 15) is 4.79 Å². The Balaban J connectivity index is 2.58. The first-order valence-corrected chi connectivity index (χ1v) is 5.81. The fourth-order valence-corrected chi connectivity index (χ4v) is 1.77. The van der Waals surface area contributed by atoms with Gasteiger partial charge in [-0.1, -0.05) is 20.8 Å². The largest absolute Gasteiger partial charge is 0.338 e. The smallest absolute Gasteiger partial charge is 0.224 e. The Hall–Kier alpha value is -1.04. The first-order valence-electron chi connectivity index (χ1n) is 5.81. The molecule has 1 amide bonds. The van der Waals surface area contributed by atoms with E-state index in [2.05, 4.69) is 11.4 Å². The molecule has 0 aliphatic heterocycles. The van der Waals surface area contributed by atoms with E-state index in [0.29, 0.717) is 18.8 Å². The number of nitriles is 1. The minimum Gasteiger partial charge on any atom is -0.338 e. The molecule has 15 heavy (non-hydrogen) atoms.